The first-order valence-electron chi connectivity index (χ1n) is 8.67. The Hall–Kier alpha value is -2.52. The van der Waals surface area contributed by atoms with Crippen LogP contribution in [0.5, 0.6) is 5.88 Å². The number of esters is 1. The van der Waals surface area contributed by atoms with Crippen LogP contribution in [0.2, 0.25) is 0 Å². The zero-order chi connectivity index (χ0) is 19.0. The highest BCUT2D eigenvalue weighted by molar-refractivity contribution is 7.17. The predicted octanol–water partition coefficient (Wildman–Crippen LogP) is 2.61. The number of halogens is 1. The van der Waals surface area contributed by atoms with Crippen molar-refractivity contribution in [1.29, 1.82) is 0 Å². The molecule has 1 aliphatic rings. The van der Waals surface area contributed by atoms with Crippen LogP contribution in [-0.2, 0) is 9.53 Å². The molecule has 9 heteroatoms. The van der Waals surface area contributed by atoms with Crippen molar-refractivity contribution >= 4 is 22.3 Å². The lowest BCUT2D eigenvalue weighted by molar-refractivity contribution is -0.147. The summed E-state index contributed by atoms with van der Waals surface area (Å²) >= 11 is 1.33. The third-order valence-corrected chi connectivity index (χ3v) is 6.07. The first kappa shape index (κ1) is 17.9. The number of rotatable bonds is 4. The third-order valence-electron chi connectivity index (χ3n) is 4.98. The molecule has 1 aliphatic heterocycles. The number of fused-ring (bicyclic) bond motifs is 1. The summed E-state index contributed by atoms with van der Waals surface area (Å²) in [6.45, 7) is 1.27. The SMILES string of the molecule is COC(=O)C1CCN([C@@H](c2cccc(F)c2)c2sc3ncnn3c2O)CC1. The van der Waals surface area contributed by atoms with E-state index in [0.29, 0.717) is 35.8 Å². The number of carbonyl (C=O) groups excluding carboxylic acids is 1. The van der Waals surface area contributed by atoms with Gasteiger partial charge in [-0.1, -0.05) is 23.5 Å². The number of methoxy groups -OCH3 is 1. The summed E-state index contributed by atoms with van der Waals surface area (Å²) in [5, 5.41) is 14.7. The second kappa shape index (κ2) is 7.24. The van der Waals surface area contributed by atoms with Crippen molar-refractivity contribution in [3.63, 3.8) is 0 Å². The molecule has 0 aliphatic carbocycles. The van der Waals surface area contributed by atoms with Gasteiger partial charge in [-0.15, -0.1) is 0 Å². The van der Waals surface area contributed by atoms with E-state index in [1.54, 1.807) is 6.07 Å². The first-order chi connectivity index (χ1) is 13.1. The minimum Gasteiger partial charge on any atom is -0.492 e. The maximum absolute atomic E-state index is 13.9. The first-order valence-corrected chi connectivity index (χ1v) is 9.49. The number of aromatic hydroxyl groups is 1. The van der Waals surface area contributed by atoms with E-state index < -0.39 is 0 Å². The average molecular weight is 390 g/mol. The van der Waals surface area contributed by atoms with Crippen LogP contribution in [0.15, 0.2) is 30.6 Å². The van der Waals surface area contributed by atoms with Gasteiger partial charge in [0, 0.05) is 0 Å². The molecule has 3 aromatic rings. The Morgan fingerprint density at radius 3 is 2.85 bits per heavy atom. The van der Waals surface area contributed by atoms with Gasteiger partial charge >= 0.3 is 5.97 Å². The van der Waals surface area contributed by atoms with Crippen LogP contribution in [0, 0.1) is 11.7 Å². The van der Waals surface area contributed by atoms with E-state index in [4.69, 9.17) is 4.74 Å². The van der Waals surface area contributed by atoms with Crippen LogP contribution in [0.1, 0.15) is 29.3 Å². The van der Waals surface area contributed by atoms with Crippen LogP contribution >= 0.6 is 11.3 Å². The zero-order valence-corrected chi connectivity index (χ0v) is 15.5. The molecule has 0 spiro atoms. The number of carbonyl (C=O) groups is 1. The predicted molar refractivity (Wildman–Crippen MR) is 97.1 cm³/mol. The minimum atomic E-state index is -0.340. The number of ether oxygens (including phenoxy) is 1. The molecule has 1 atom stereocenters. The van der Waals surface area contributed by atoms with E-state index in [1.807, 2.05) is 6.07 Å². The van der Waals surface area contributed by atoms with Crippen LogP contribution in [0.4, 0.5) is 4.39 Å². The summed E-state index contributed by atoms with van der Waals surface area (Å²) < 4.78 is 20.1. The molecule has 4 rings (SSSR count). The normalized spacial score (nSPS) is 17.3. The van der Waals surface area contributed by atoms with Gasteiger partial charge in [0.1, 0.15) is 12.1 Å². The Morgan fingerprint density at radius 1 is 1.41 bits per heavy atom. The standard InChI is InChI=1S/C18H19FN4O3S/c1-26-17(25)11-5-7-22(8-6-11)14(12-3-2-4-13(19)9-12)15-16(24)23-18(27-15)20-10-21-23/h2-4,9-11,14,24H,5-8H2,1H3/t14-/m0/s1. The third kappa shape index (κ3) is 3.28. The van der Waals surface area contributed by atoms with Gasteiger partial charge in [-0.25, -0.2) is 9.37 Å². The summed E-state index contributed by atoms with van der Waals surface area (Å²) in [6.07, 6.45) is 2.69. The van der Waals surface area contributed by atoms with Gasteiger partial charge in [0.15, 0.2) is 0 Å². The number of benzene rings is 1. The lowest BCUT2D eigenvalue weighted by atomic mass is 9.93. The summed E-state index contributed by atoms with van der Waals surface area (Å²) in [4.78, 5) is 19.3. The van der Waals surface area contributed by atoms with Crippen LogP contribution < -0.4 is 0 Å². The maximum Gasteiger partial charge on any atom is 0.308 e. The van der Waals surface area contributed by atoms with E-state index in [9.17, 15) is 14.3 Å². The zero-order valence-electron chi connectivity index (χ0n) is 14.7. The molecule has 2 aromatic heterocycles. The van der Waals surface area contributed by atoms with E-state index >= 15 is 0 Å². The summed E-state index contributed by atoms with van der Waals surface area (Å²) in [5.41, 5.74) is 0.742. The number of hydrogen-bond acceptors (Lipinski definition) is 7. The van der Waals surface area contributed by atoms with Gasteiger partial charge in [-0.3, -0.25) is 9.69 Å². The fraction of sp³-hybridized carbons (Fsp3) is 0.389. The van der Waals surface area contributed by atoms with Crippen LogP contribution in [0.3, 0.4) is 0 Å². The molecule has 1 N–H and O–H groups in total. The van der Waals surface area contributed by atoms with Crippen molar-refractivity contribution < 1.29 is 19.0 Å². The monoisotopic (exact) mass is 390 g/mol. The van der Waals surface area contributed by atoms with Gasteiger partial charge in [0.25, 0.3) is 0 Å². The quantitative estimate of drug-likeness (QED) is 0.690. The van der Waals surface area contributed by atoms with Crippen molar-refractivity contribution in [1.82, 2.24) is 19.5 Å². The number of likely N-dealkylation sites (tertiary alicyclic amines) is 1. The number of aromatic nitrogens is 3. The molecule has 0 bridgehead atoms. The largest absolute Gasteiger partial charge is 0.492 e. The Balaban J connectivity index is 1.70. The van der Waals surface area contributed by atoms with Gasteiger partial charge in [0.05, 0.1) is 23.9 Å². The van der Waals surface area contributed by atoms with Crippen molar-refractivity contribution in [3.8, 4) is 5.88 Å². The fourth-order valence-electron chi connectivity index (χ4n) is 3.64. The maximum atomic E-state index is 13.9. The minimum absolute atomic E-state index is 0.0110. The lowest BCUT2D eigenvalue weighted by Crippen LogP contribution is -2.39. The number of piperidine rings is 1. The Labute approximate surface area is 159 Å². The Kier molecular flexibility index (Phi) is 4.79. The Bertz CT molecular complexity index is 965. The van der Waals surface area contributed by atoms with Gasteiger partial charge in [-0.05, 0) is 43.6 Å². The highest BCUT2D eigenvalue weighted by atomic mass is 32.1. The van der Waals surface area contributed by atoms with Crippen molar-refractivity contribution in [2.75, 3.05) is 20.2 Å². The van der Waals surface area contributed by atoms with Crippen LogP contribution in [0.25, 0.3) is 4.96 Å². The fourth-order valence-corrected chi connectivity index (χ4v) is 4.73. The molecule has 1 saturated heterocycles. The van der Waals surface area contributed by atoms with Crippen molar-refractivity contribution in [2.45, 2.75) is 18.9 Å². The highest BCUT2D eigenvalue weighted by Crippen LogP contribution is 2.41. The molecule has 1 fully saturated rings. The van der Waals surface area contributed by atoms with Crippen molar-refractivity contribution in [3.05, 3.63) is 46.9 Å². The van der Waals surface area contributed by atoms with E-state index in [0.717, 1.165) is 5.56 Å². The summed E-state index contributed by atoms with van der Waals surface area (Å²) in [7, 11) is 1.40. The molecular weight excluding hydrogens is 371 g/mol. The molecule has 0 saturated carbocycles. The summed E-state index contributed by atoms with van der Waals surface area (Å²) in [5.74, 6) is -0.647. The molecule has 0 unspecified atom stereocenters. The van der Waals surface area contributed by atoms with Gasteiger partial charge in [-0.2, -0.15) is 9.61 Å². The molecule has 1 aromatic carbocycles. The van der Waals surface area contributed by atoms with Gasteiger partial charge in [0.2, 0.25) is 10.8 Å². The van der Waals surface area contributed by atoms with E-state index in [2.05, 4.69) is 15.0 Å². The second-order valence-electron chi connectivity index (χ2n) is 6.54. The average Bonchev–Trinajstić information content (AvgIpc) is 3.26. The van der Waals surface area contributed by atoms with E-state index in [1.165, 1.54) is 41.4 Å². The Morgan fingerprint density at radius 2 is 2.19 bits per heavy atom. The molecule has 0 radical (unpaired) electrons. The summed E-state index contributed by atoms with van der Waals surface area (Å²) in [6, 6.07) is 6.04. The smallest absolute Gasteiger partial charge is 0.308 e. The highest BCUT2D eigenvalue weighted by Gasteiger charge is 2.34. The molecule has 0 amide bonds. The van der Waals surface area contributed by atoms with E-state index in [-0.39, 0.29) is 29.6 Å². The molecule has 7 nitrogen and oxygen atoms in total. The molecular formula is C18H19FN4O3S. The number of nitrogens with zero attached hydrogens (tertiary/aromatic N) is 4. The number of thiazole rings is 1. The van der Waals surface area contributed by atoms with Gasteiger partial charge < -0.3 is 9.84 Å². The molecule has 3 heterocycles. The number of hydrogen-bond donors (Lipinski definition) is 1. The molecule has 27 heavy (non-hydrogen) atoms. The van der Waals surface area contributed by atoms with Crippen molar-refractivity contribution in [2.24, 2.45) is 5.92 Å². The lowest BCUT2D eigenvalue weighted by Gasteiger charge is -2.36. The van der Waals surface area contributed by atoms with Crippen LogP contribution in [-0.4, -0.2) is 50.8 Å². The second-order valence-corrected chi connectivity index (χ2v) is 7.54. The molecule has 142 valence electrons. The topological polar surface area (TPSA) is 80.0 Å².